The maximum atomic E-state index is 13.1. The zero-order valence-electron chi connectivity index (χ0n) is 7.83. The summed E-state index contributed by atoms with van der Waals surface area (Å²) < 4.78 is 30.7. The van der Waals surface area contributed by atoms with Crippen LogP contribution in [0, 0.1) is 11.6 Å². The van der Waals surface area contributed by atoms with Crippen LogP contribution in [0.5, 0.6) is 5.75 Å². The van der Waals surface area contributed by atoms with E-state index in [1.54, 1.807) is 0 Å². The van der Waals surface area contributed by atoms with Crippen LogP contribution in [0.4, 0.5) is 8.78 Å². The Bertz CT molecular complexity index is 413. The number of rotatable bonds is 3. The molecular weight excluding hydrogens is 206 g/mol. The third-order valence-electron chi connectivity index (χ3n) is 1.67. The highest BCUT2D eigenvalue weighted by molar-refractivity contribution is 5.85. The number of carbonyl (C=O) groups is 1. The molecule has 0 spiro atoms. The van der Waals surface area contributed by atoms with Crippen LogP contribution in [0.15, 0.2) is 18.2 Å². The van der Waals surface area contributed by atoms with Gasteiger partial charge in [0, 0.05) is 17.7 Å². The number of benzene rings is 1. The lowest BCUT2D eigenvalue weighted by Crippen LogP contribution is -1.93. The monoisotopic (exact) mass is 214 g/mol. The van der Waals surface area contributed by atoms with Gasteiger partial charge in [0.2, 0.25) is 0 Å². The Balaban J connectivity index is 3.16. The zero-order chi connectivity index (χ0) is 11.4. The van der Waals surface area contributed by atoms with E-state index in [1.165, 1.54) is 13.2 Å². The molecule has 0 amide bonds. The molecule has 0 heterocycles. The van der Waals surface area contributed by atoms with Crippen molar-refractivity contribution in [3.8, 4) is 5.75 Å². The molecule has 0 radical (unpaired) electrons. The van der Waals surface area contributed by atoms with Gasteiger partial charge in [-0.15, -0.1) is 0 Å². The van der Waals surface area contributed by atoms with Gasteiger partial charge in [-0.1, -0.05) is 0 Å². The van der Waals surface area contributed by atoms with Gasteiger partial charge in [-0.25, -0.2) is 13.6 Å². The highest BCUT2D eigenvalue weighted by Gasteiger charge is 2.09. The molecular formula is C10H8F2O3. The van der Waals surface area contributed by atoms with E-state index in [2.05, 4.69) is 0 Å². The fourth-order valence-corrected chi connectivity index (χ4v) is 0.985. The van der Waals surface area contributed by atoms with Crippen LogP contribution in [0.2, 0.25) is 0 Å². The van der Waals surface area contributed by atoms with E-state index in [1.807, 2.05) is 0 Å². The number of carboxylic acids is 1. The largest absolute Gasteiger partial charge is 0.497 e. The molecule has 80 valence electrons. The van der Waals surface area contributed by atoms with E-state index in [0.29, 0.717) is 0 Å². The van der Waals surface area contributed by atoms with Crippen molar-refractivity contribution < 1.29 is 23.4 Å². The van der Waals surface area contributed by atoms with Crippen molar-refractivity contribution in [3.05, 3.63) is 35.4 Å². The number of halogens is 2. The second-order valence-electron chi connectivity index (χ2n) is 2.68. The van der Waals surface area contributed by atoms with Crippen molar-refractivity contribution in [1.82, 2.24) is 0 Å². The molecule has 15 heavy (non-hydrogen) atoms. The number of aliphatic carboxylic acids is 1. The number of hydrogen-bond acceptors (Lipinski definition) is 2. The Kier molecular flexibility index (Phi) is 3.38. The van der Waals surface area contributed by atoms with Gasteiger partial charge in [-0.3, -0.25) is 0 Å². The van der Waals surface area contributed by atoms with Crippen molar-refractivity contribution in [2.24, 2.45) is 0 Å². The standard InChI is InChI=1S/C10H8F2O3/c1-15-7-4-6(2-3-9(13)14)10(12)8(11)5-7/h2-5H,1H3,(H,13,14)/b3-2+. The third-order valence-corrected chi connectivity index (χ3v) is 1.67. The van der Waals surface area contributed by atoms with Crippen LogP contribution in [0.1, 0.15) is 5.56 Å². The summed E-state index contributed by atoms with van der Waals surface area (Å²) in [6, 6.07) is 2.09. The van der Waals surface area contributed by atoms with Crippen molar-refractivity contribution in [1.29, 1.82) is 0 Å². The van der Waals surface area contributed by atoms with Gasteiger partial charge >= 0.3 is 5.97 Å². The van der Waals surface area contributed by atoms with Gasteiger partial charge in [0.05, 0.1) is 7.11 Å². The Hall–Kier alpha value is -1.91. The second kappa shape index (κ2) is 4.54. The third kappa shape index (κ3) is 2.77. The van der Waals surface area contributed by atoms with Crippen LogP contribution < -0.4 is 4.74 Å². The topological polar surface area (TPSA) is 46.5 Å². The van der Waals surface area contributed by atoms with E-state index in [-0.39, 0.29) is 11.3 Å². The van der Waals surface area contributed by atoms with Crippen LogP contribution >= 0.6 is 0 Å². The lowest BCUT2D eigenvalue weighted by molar-refractivity contribution is -0.131. The summed E-state index contributed by atoms with van der Waals surface area (Å²) in [5.41, 5.74) is -0.172. The molecule has 5 heteroatoms. The molecule has 0 aliphatic heterocycles. The van der Waals surface area contributed by atoms with Crippen molar-refractivity contribution in [2.75, 3.05) is 7.11 Å². The predicted molar refractivity (Wildman–Crippen MR) is 49.6 cm³/mol. The van der Waals surface area contributed by atoms with E-state index in [9.17, 15) is 13.6 Å². The summed E-state index contributed by atoms with van der Waals surface area (Å²) in [6.07, 6.45) is 1.68. The maximum Gasteiger partial charge on any atom is 0.328 e. The minimum Gasteiger partial charge on any atom is -0.497 e. The fraction of sp³-hybridized carbons (Fsp3) is 0.100. The summed E-state index contributed by atoms with van der Waals surface area (Å²) in [5, 5.41) is 8.33. The molecule has 0 aliphatic rings. The molecule has 0 aliphatic carbocycles. The average Bonchev–Trinajstić information content (AvgIpc) is 2.19. The van der Waals surface area contributed by atoms with Crippen molar-refractivity contribution >= 4 is 12.0 Å². The van der Waals surface area contributed by atoms with Crippen LogP contribution in [-0.2, 0) is 4.79 Å². The lowest BCUT2D eigenvalue weighted by Gasteiger charge is -2.03. The first kappa shape index (κ1) is 11.2. The maximum absolute atomic E-state index is 13.1. The van der Waals surface area contributed by atoms with Crippen LogP contribution in [0.25, 0.3) is 6.08 Å². The second-order valence-corrected chi connectivity index (χ2v) is 2.68. The molecule has 1 rings (SSSR count). The van der Waals surface area contributed by atoms with Gasteiger partial charge in [0.15, 0.2) is 11.6 Å². The van der Waals surface area contributed by atoms with E-state index >= 15 is 0 Å². The molecule has 0 fully saturated rings. The van der Waals surface area contributed by atoms with Crippen molar-refractivity contribution in [2.45, 2.75) is 0 Å². The molecule has 0 unspecified atom stereocenters. The molecule has 3 nitrogen and oxygen atoms in total. The molecule has 0 saturated carbocycles. The van der Waals surface area contributed by atoms with Gasteiger partial charge in [-0.05, 0) is 12.1 Å². The number of methoxy groups -OCH3 is 1. The molecule has 0 atom stereocenters. The lowest BCUT2D eigenvalue weighted by atomic mass is 10.2. The molecule has 0 bridgehead atoms. The van der Waals surface area contributed by atoms with Crippen LogP contribution in [0.3, 0.4) is 0 Å². The Morgan fingerprint density at radius 3 is 2.67 bits per heavy atom. The molecule has 1 aromatic rings. The molecule has 1 N–H and O–H groups in total. The smallest absolute Gasteiger partial charge is 0.328 e. The molecule has 0 saturated heterocycles. The number of ether oxygens (including phenoxy) is 1. The van der Waals surface area contributed by atoms with E-state index in [4.69, 9.17) is 9.84 Å². The highest BCUT2D eigenvalue weighted by atomic mass is 19.2. The Morgan fingerprint density at radius 2 is 2.13 bits per heavy atom. The van der Waals surface area contributed by atoms with Crippen LogP contribution in [-0.4, -0.2) is 18.2 Å². The minimum absolute atomic E-state index is 0.124. The minimum atomic E-state index is -1.24. The molecule has 1 aromatic carbocycles. The fourth-order valence-electron chi connectivity index (χ4n) is 0.985. The zero-order valence-corrected chi connectivity index (χ0v) is 7.83. The summed E-state index contributed by atoms with van der Waals surface area (Å²) in [7, 11) is 1.30. The first-order chi connectivity index (χ1) is 7.04. The Morgan fingerprint density at radius 1 is 1.47 bits per heavy atom. The predicted octanol–water partition coefficient (Wildman–Crippen LogP) is 2.07. The first-order valence-corrected chi connectivity index (χ1v) is 3.98. The Labute approximate surface area is 84.6 Å². The van der Waals surface area contributed by atoms with E-state index in [0.717, 1.165) is 18.2 Å². The summed E-state index contributed by atoms with van der Waals surface area (Å²) in [5.74, 6) is -3.30. The number of carboxylic acid groups (broad SMARTS) is 1. The highest BCUT2D eigenvalue weighted by Crippen LogP contribution is 2.21. The van der Waals surface area contributed by atoms with Gasteiger partial charge < -0.3 is 9.84 Å². The SMILES string of the molecule is COc1cc(F)c(F)c(/C=C/C(=O)O)c1. The summed E-state index contributed by atoms with van der Waals surface area (Å²) in [6.45, 7) is 0. The quantitative estimate of drug-likeness (QED) is 0.783. The summed E-state index contributed by atoms with van der Waals surface area (Å²) >= 11 is 0. The molecule has 0 aromatic heterocycles. The summed E-state index contributed by atoms with van der Waals surface area (Å²) in [4.78, 5) is 10.2. The van der Waals surface area contributed by atoms with Crippen molar-refractivity contribution in [3.63, 3.8) is 0 Å². The first-order valence-electron chi connectivity index (χ1n) is 3.98. The van der Waals surface area contributed by atoms with Gasteiger partial charge in [-0.2, -0.15) is 0 Å². The average molecular weight is 214 g/mol. The normalized spacial score (nSPS) is 10.6. The van der Waals surface area contributed by atoms with Gasteiger partial charge in [0.1, 0.15) is 5.75 Å². The number of hydrogen-bond donors (Lipinski definition) is 1. The van der Waals surface area contributed by atoms with E-state index < -0.39 is 17.6 Å². The van der Waals surface area contributed by atoms with Gasteiger partial charge in [0.25, 0.3) is 0 Å².